The van der Waals surface area contributed by atoms with Gasteiger partial charge in [-0.15, -0.1) is 0 Å². The monoisotopic (exact) mass is 351 g/mol. The predicted octanol–water partition coefficient (Wildman–Crippen LogP) is 1.94. The summed E-state index contributed by atoms with van der Waals surface area (Å²) in [6.45, 7) is 0.419. The van der Waals surface area contributed by atoms with Crippen molar-refractivity contribution in [3.05, 3.63) is 77.9 Å². The molecule has 0 aliphatic heterocycles. The van der Waals surface area contributed by atoms with Gasteiger partial charge in [-0.05, 0) is 17.2 Å². The quantitative estimate of drug-likeness (QED) is 0.526. The highest BCUT2D eigenvalue weighted by atomic mass is 16.2. The van der Waals surface area contributed by atoms with Gasteiger partial charge in [0.05, 0.1) is 0 Å². The molecule has 0 radical (unpaired) electrons. The van der Waals surface area contributed by atoms with Gasteiger partial charge in [-0.1, -0.05) is 60.7 Å². The summed E-state index contributed by atoms with van der Waals surface area (Å²) in [7, 11) is 0. The highest BCUT2D eigenvalue weighted by Gasteiger charge is 2.07. The molecule has 3 N–H and O–H groups in total. The van der Waals surface area contributed by atoms with E-state index < -0.39 is 11.8 Å². The lowest BCUT2D eigenvalue weighted by Gasteiger charge is -2.06. The van der Waals surface area contributed by atoms with E-state index in [2.05, 4.69) is 16.2 Å². The molecule has 6 heteroatoms. The molecule has 134 valence electrons. The average molecular weight is 351 g/mol. The maximum absolute atomic E-state index is 11.7. The Balaban J connectivity index is 1.61. The zero-order valence-electron chi connectivity index (χ0n) is 14.3. The molecule has 0 spiro atoms. The van der Waals surface area contributed by atoms with Crippen molar-refractivity contribution in [1.29, 1.82) is 0 Å². The van der Waals surface area contributed by atoms with Crippen LogP contribution in [-0.4, -0.2) is 17.7 Å². The third-order valence-electron chi connectivity index (χ3n) is 3.46. The van der Waals surface area contributed by atoms with E-state index >= 15 is 0 Å². The van der Waals surface area contributed by atoms with Crippen LogP contribution in [0.5, 0.6) is 0 Å². The Kier molecular flexibility index (Phi) is 7.61. The minimum atomic E-state index is -0.448. The summed E-state index contributed by atoms with van der Waals surface area (Å²) in [4.78, 5) is 35.0. The third-order valence-corrected chi connectivity index (χ3v) is 3.46. The molecule has 0 fully saturated rings. The molecule has 26 heavy (non-hydrogen) atoms. The van der Waals surface area contributed by atoms with Gasteiger partial charge in [-0.25, -0.2) is 0 Å². The molecule has 2 rings (SSSR count). The average Bonchev–Trinajstić information content (AvgIpc) is 2.69. The van der Waals surface area contributed by atoms with Gasteiger partial charge in [-0.3, -0.25) is 25.2 Å². The molecule has 0 aliphatic rings. The standard InChI is InChI=1S/C20H21N3O3/c24-18(21-15-17-9-5-2-6-10-17)13-14-20(26)23-22-19(25)12-11-16-7-3-1-4-8-16/h1-12H,13-15H2,(H,21,24)(H,22,25)(H,23,26). The Morgan fingerprint density at radius 3 is 2.08 bits per heavy atom. The molecule has 0 saturated heterocycles. The number of carbonyl (C=O) groups excluding carboxylic acids is 3. The maximum Gasteiger partial charge on any atom is 0.262 e. The second kappa shape index (κ2) is 10.5. The highest BCUT2D eigenvalue weighted by Crippen LogP contribution is 2.00. The summed E-state index contributed by atoms with van der Waals surface area (Å²) in [6.07, 6.45) is 3.00. The smallest absolute Gasteiger partial charge is 0.262 e. The Labute approximate surface area is 152 Å². The number of nitrogens with one attached hydrogen (secondary N) is 3. The molecule has 0 saturated carbocycles. The van der Waals surface area contributed by atoms with Crippen molar-refractivity contribution in [2.24, 2.45) is 0 Å². The van der Waals surface area contributed by atoms with E-state index in [9.17, 15) is 14.4 Å². The Bertz CT molecular complexity index is 758. The summed E-state index contributed by atoms with van der Waals surface area (Å²) in [5.41, 5.74) is 6.42. The molecule has 0 bridgehead atoms. The van der Waals surface area contributed by atoms with E-state index in [0.717, 1.165) is 11.1 Å². The minimum absolute atomic E-state index is 0.0106. The fourth-order valence-electron chi connectivity index (χ4n) is 2.08. The zero-order chi connectivity index (χ0) is 18.6. The van der Waals surface area contributed by atoms with Gasteiger partial charge in [0.2, 0.25) is 11.8 Å². The second-order valence-electron chi connectivity index (χ2n) is 5.54. The molecule has 0 unspecified atom stereocenters. The lowest BCUT2D eigenvalue weighted by atomic mass is 10.2. The first-order valence-electron chi connectivity index (χ1n) is 8.26. The van der Waals surface area contributed by atoms with Crippen LogP contribution in [0, 0.1) is 0 Å². The number of benzene rings is 2. The number of amides is 3. The lowest BCUT2D eigenvalue weighted by molar-refractivity contribution is -0.129. The molecular weight excluding hydrogens is 330 g/mol. The van der Waals surface area contributed by atoms with Crippen molar-refractivity contribution in [2.45, 2.75) is 19.4 Å². The summed E-state index contributed by atoms with van der Waals surface area (Å²) in [5, 5.41) is 2.74. The van der Waals surface area contributed by atoms with Gasteiger partial charge in [0, 0.05) is 25.5 Å². The first-order valence-corrected chi connectivity index (χ1v) is 8.26. The second-order valence-corrected chi connectivity index (χ2v) is 5.54. The van der Waals surface area contributed by atoms with Crippen LogP contribution in [0.4, 0.5) is 0 Å². The van der Waals surface area contributed by atoms with Crippen LogP contribution in [0.1, 0.15) is 24.0 Å². The molecule has 0 heterocycles. The Morgan fingerprint density at radius 1 is 0.769 bits per heavy atom. The van der Waals surface area contributed by atoms with Crippen molar-refractivity contribution in [1.82, 2.24) is 16.2 Å². The molecule has 0 atom stereocenters. The van der Waals surface area contributed by atoms with Crippen LogP contribution in [0.2, 0.25) is 0 Å². The van der Waals surface area contributed by atoms with Gasteiger partial charge in [0.25, 0.3) is 5.91 Å². The zero-order valence-corrected chi connectivity index (χ0v) is 14.3. The Hall–Kier alpha value is -3.41. The number of carbonyl (C=O) groups is 3. The van der Waals surface area contributed by atoms with Crippen molar-refractivity contribution >= 4 is 23.8 Å². The van der Waals surface area contributed by atoms with E-state index in [0.29, 0.717) is 6.54 Å². The predicted molar refractivity (Wildman–Crippen MR) is 99.3 cm³/mol. The molecule has 3 amide bonds. The maximum atomic E-state index is 11.7. The number of hydrogen-bond acceptors (Lipinski definition) is 3. The van der Waals surface area contributed by atoms with Gasteiger partial charge in [0.1, 0.15) is 0 Å². The van der Waals surface area contributed by atoms with Crippen LogP contribution >= 0.6 is 0 Å². The van der Waals surface area contributed by atoms with Crippen molar-refractivity contribution in [2.75, 3.05) is 0 Å². The largest absolute Gasteiger partial charge is 0.352 e. The number of hydrazine groups is 1. The fourth-order valence-corrected chi connectivity index (χ4v) is 2.08. The summed E-state index contributed by atoms with van der Waals surface area (Å²) in [5.74, 6) is -1.10. The SMILES string of the molecule is O=C(C=Cc1ccccc1)NNC(=O)CCC(=O)NCc1ccccc1. The first-order chi connectivity index (χ1) is 12.6. The van der Waals surface area contributed by atoms with Crippen molar-refractivity contribution in [3.8, 4) is 0 Å². The molecule has 0 aromatic heterocycles. The van der Waals surface area contributed by atoms with E-state index in [1.54, 1.807) is 6.08 Å². The van der Waals surface area contributed by atoms with Crippen LogP contribution in [-0.2, 0) is 20.9 Å². The van der Waals surface area contributed by atoms with Crippen molar-refractivity contribution < 1.29 is 14.4 Å². The minimum Gasteiger partial charge on any atom is -0.352 e. The topological polar surface area (TPSA) is 87.3 Å². The molecular formula is C20H21N3O3. The van der Waals surface area contributed by atoms with Gasteiger partial charge in [-0.2, -0.15) is 0 Å². The molecule has 2 aromatic rings. The van der Waals surface area contributed by atoms with E-state index in [-0.39, 0.29) is 18.7 Å². The van der Waals surface area contributed by atoms with Gasteiger partial charge in [0.15, 0.2) is 0 Å². The number of rotatable bonds is 7. The highest BCUT2D eigenvalue weighted by molar-refractivity contribution is 5.93. The fraction of sp³-hybridized carbons (Fsp3) is 0.150. The molecule has 6 nitrogen and oxygen atoms in total. The Morgan fingerprint density at radius 2 is 1.38 bits per heavy atom. The van der Waals surface area contributed by atoms with Crippen molar-refractivity contribution in [3.63, 3.8) is 0 Å². The van der Waals surface area contributed by atoms with Crippen LogP contribution in [0.3, 0.4) is 0 Å². The van der Waals surface area contributed by atoms with Crippen LogP contribution in [0.15, 0.2) is 66.7 Å². The number of hydrogen-bond donors (Lipinski definition) is 3. The van der Waals surface area contributed by atoms with Crippen LogP contribution in [0.25, 0.3) is 6.08 Å². The molecule has 2 aromatic carbocycles. The summed E-state index contributed by atoms with van der Waals surface area (Å²) < 4.78 is 0. The summed E-state index contributed by atoms with van der Waals surface area (Å²) in [6, 6.07) is 18.8. The van der Waals surface area contributed by atoms with E-state index in [4.69, 9.17) is 0 Å². The van der Waals surface area contributed by atoms with Gasteiger partial charge < -0.3 is 5.32 Å². The van der Waals surface area contributed by atoms with E-state index in [1.165, 1.54) is 6.08 Å². The third kappa shape index (κ3) is 7.44. The lowest BCUT2D eigenvalue weighted by Crippen LogP contribution is -2.41. The summed E-state index contributed by atoms with van der Waals surface area (Å²) >= 11 is 0. The molecule has 0 aliphatic carbocycles. The van der Waals surface area contributed by atoms with E-state index in [1.807, 2.05) is 60.7 Å². The van der Waals surface area contributed by atoms with Crippen LogP contribution < -0.4 is 16.2 Å². The van der Waals surface area contributed by atoms with Gasteiger partial charge >= 0.3 is 0 Å². The normalized spacial score (nSPS) is 10.3. The first kappa shape index (κ1) is 18.9.